The molecule has 29 heavy (non-hydrogen) atoms. The standard InChI is InChI=1S/C20H27N3O5S/c1-19(2,3)28-18(25)23-13-12-22-17(24)20(4,5)15-7-9-16(10-8-15)29(26,27)14-6-11-21/h6-10,14H,12-13H2,1-5H3,(H,22,24)(H,23,25). The molecule has 0 bridgehead atoms. The van der Waals surface area contributed by atoms with Crippen molar-refractivity contribution in [3.8, 4) is 6.07 Å². The zero-order valence-corrected chi connectivity index (χ0v) is 18.1. The van der Waals surface area contributed by atoms with Crippen molar-refractivity contribution in [2.45, 2.75) is 50.5 Å². The first-order chi connectivity index (χ1) is 13.3. The second kappa shape index (κ2) is 9.56. The van der Waals surface area contributed by atoms with Crippen molar-refractivity contribution >= 4 is 21.8 Å². The number of benzene rings is 1. The van der Waals surface area contributed by atoms with E-state index in [9.17, 15) is 18.0 Å². The molecule has 0 unspecified atom stereocenters. The molecule has 0 radical (unpaired) electrons. The Morgan fingerprint density at radius 3 is 2.14 bits per heavy atom. The van der Waals surface area contributed by atoms with Crippen LogP contribution in [0.4, 0.5) is 4.79 Å². The Labute approximate surface area is 171 Å². The highest BCUT2D eigenvalue weighted by atomic mass is 32.2. The molecule has 0 aliphatic rings. The van der Waals surface area contributed by atoms with E-state index in [1.807, 2.05) is 0 Å². The maximum Gasteiger partial charge on any atom is 0.407 e. The fourth-order valence-electron chi connectivity index (χ4n) is 2.27. The Morgan fingerprint density at radius 2 is 1.62 bits per heavy atom. The quantitative estimate of drug-likeness (QED) is 0.514. The molecule has 0 heterocycles. The van der Waals surface area contributed by atoms with Crippen molar-refractivity contribution < 1.29 is 22.7 Å². The van der Waals surface area contributed by atoms with E-state index in [-0.39, 0.29) is 23.9 Å². The Balaban J connectivity index is 2.69. The van der Waals surface area contributed by atoms with Gasteiger partial charge >= 0.3 is 6.09 Å². The van der Waals surface area contributed by atoms with Gasteiger partial charge in [-0.15, -0.1) is 0 Å². The molecule has 158 valence electrons. The molecule has 0 spiro atoms. The van der Waals surface area contributed by atoms with Crippen LogP contribution in [0.15, 0.2) is 40.6 Å². The highest BCUT2D eigenvalue weighted by Gasteiger charge is 2.29. The van der Waals surface area contributed by atoms with Gasteiger partial charge in [-0.25, -0.2) is 13.2 Å². The molecule has 1 rings (SSSR count). The van der Waals surface area contributed by atoms with Gasteiger partial charge in [0, 0.05) is 24.6 Å². The lowest BCUT2D eigenvalue weighted by Crippen LogP contribution is -2.44. The number of sulfone groups is 1. The average Bonchev–Trinajstić information content (AvgIpc) is 2.62. The lowest BCUT2D eigenvalue weighted by atomic mass is 9.84. The van der Waals surface area contributed by atoms with Gasteiger partial charge in [-0.3, -0.25) is 4.79 Å². The number of hydrogen-bond acceptors (Lipinski definition) is 6. The van der Waals surface area contributed by atoms with Gasteiger partial charge in [0.05, 0.1) is 16.4 Å². The molecule has 0 aliphatic heterocycles. The van der Waals surface area contributed by atoms with Crippen LogP contribution >= 0.6 is 0 Å². The van der Waals surface area contributed by atoms with Crippen molar-refractivity contribution in [2.75, 3.05) is 13.1 Å². The number of allylic oxidation sites excluding steroid dienone is 1. The zero-order valence-electron chi connectivity index (χ0n) is 17.3. The van der Waals surface area contributed by atoms with Crippen LogP contribution in [0.3, 0.4) is 0 Å². The van der Waals surface area contributed by atoms with Crippen LogP contribution in [0.5, 0.6) is 0 Å². The minimum absolute atomic E-state index is 0.0329. The number of alkyl carbamates (subject to hydrolysis) is 1. The van der Waals surface area contributed by atoms with Gasteiger partial charge in [-0.1, -0.05) is 12.1 Å². The summed E-state index contributed by atoms with van der Waals surface area (Å²) in [6.45, 7) is 9.12. The summed E-state index contributed by atoms with van der Waals surface area (Å²) in [4.78, 5) is 24.2. The van der Waals surface area contributed by atoms with E-state index in [1.54, 1.807) is 52.8 Å². The Bertz CT molecular complexity index is 905. The molecule has 0 aromatic heterocycles. The SMILES string of the molecule is CC(C)(C)OC(=O)NCCNC(=O)C(C)(C)c1ccc(S(=O)(=O)C=CC#N)cc1. The Kier molecular flexibility index (Phi) is 7.97. The smallest absolute Gasteiger partial charge is 0.407 e. The molecule has 0 saturated heterocycles. The number of rotatable bonds is 7. The first-order valence-corrected chi connectivity index (χ1v) is 10.5. The van der Waals surface area contributed by atoms with Crippen molar-refractivity contribution in [3.63, 3.8) is 0 Å². The van der Waals surface area contributed by atoms with E-state index in [2.05, 4.69) is 10.6 Å². The number of nitrogens with zero attached hydrogens (tertiary/aromatic N) is 1. The second-order valence-corrected chi connectivity index (χ2v) is 9.64. The summed E-state index contributed by atoms with van der Waals surface area (Å²) in [5.41, 5.74) is -0.894. The number of amides is 2. The predicted molar refractivity (Wildman–Crippen MR) is 109 cm³/mol. The van der Waals surface area contributed by atoms with Crippen molar-refractivity contribution in [1.82, 2.24) is 10.6 Å². The Morgan fingerprint density at radius 1 is 1.07 bits per heavy atom. The van der Waals surface area contributed by atoms with Crippen LogP contribution in [0.2, 0.25) is 0 Å². The molecule has 2 amide bonds. The molecule has 2 N–H and O–H groups in total. The zero-order chi connectivity index (χ0) is 22.3. The van der Waals surface area contributed by atoms with E-state index in [0.717, 1.165) is 11.5 Å². The molecule has 0 aliphatic carbocycles. The molecular weight excluding hydrogens is 394 g/mol. The minimum atomic E-state index is -3.70. The summed E-state index contributed by atoms with van der Waals surface area (Å²) >= 11 is 0. The molecule has 9 heteroatoms. The fourth-order valence-corrected chi connectivity index (χ4v) is 3.18. The van der Waals surface area contributed by atoms with Crippen LogP contribution in [0.1, 0.15) is 40.2 Å². The first-order valence-electron chi connectivity index (χ1n) is 8.96. The van der Waals surface area contributed by atoms with Crippen molar-refractivity contribution in [3.05, 3.63) is 41.3 Å². The third-order valence-electron chi connectivity index (χ3n) is 3.87. The van der Waals surface area contributed by atoms with Gasteiger partial charge in [-0.05, 0) is 52.3 Å². The molecule has 0 atom stereocenters. The minimum Gasteiger partial charge on any atom is -0.444 e. The summed E-state index contributed by atoms with van der Waals surface area (Å²) in [6.07, 6.45) is 0.333. The highest BCUT2D eigenvalue weighted by molar-refractivity contribution is 7.94. The van der Waals surface area contributed by atoms with Gasteiger partial charge < -0.3 is 15.4 Å². The molecular formula is C20H27N3O5S. The molecule has 1 aromatic rings. The molecule has 1 aromatic carbocycles. The van der Waals surface area contributed by atoms with Gasteiger partial charge in [0.15, 0.2) is 0 Å². The number of hydrogen-bond donors (Lipinski definition) is 2. The van der Waals surface area contributed by atoms with Gasteiger partial charge in [0.25, 0.3) is 0 Å². The van der Waals surface area contributed by atoms with Crippen LogP contribution in [-0.4, -0.2) is 39.1 Å². The largest absolute Gasteiger partial charge is 0.444 e. The molecule has 0 fully saturated rings. The summed E-state index contributed by atoms with van der Waals surface area (Å²) in [6, 6.07) is 7.55. The van der Waals surface area contributed by atoms with Crippen LogP contribution in [-0.2, 0) is 24.8 Å². The van der Waals surface area contributed by atoms with Crippen LogP contribution < -0.4 is 10.6 Å². The van der Waals surface area contributed by atoms with Crippen molar-refractivity contribution in [2.24, 2.45) is 0 Å². The number of ether oxygens (including phenoxy) is 1. The van der Waals surface area contributed by atoms with E-state index >= 15 is 0 Å². The monoisotopic (exact) mass is 421 g/mol. The van der Waals surface area contributed by atoms with Crippen molar-refractivity contribution in [1.29, 1.82) is 5.26 Å². The number of nitrogens with one attached hydrogen (secondary N) is 2. The first kappa shape index (κ1) is 24.2. The normalized spacial score (nSPS) is 12.3. The second-order valence-electron chi connectivity index (χ2n) is 7.81. The molecule has 8 nitrogen and oxygen atoms in total. The van der Waals surface area contributed by atoms with Gasteiger partial charge in [0.1, 0.15) is 5.60 Å². The summed E-state index contributed by atoms with van der Waals surface area (Å²) < 4.78 is 29.2. The topological polar surface area (TPSA) is 125 Å². The maximum absolute atomic E-state index is 12.5. The van der Waals surface area contributed by atoms with E-state index < -0.39 is 26.9 Å². The van der Waals surface area contributed by atoms with Gasteiger partial charge in [0.2, 0.25) is 15.7 Å². The lowest BCUT2D eigenvalue weighted by Gasteiger charge is -2.24. The third kappa shape index (κ3) is 7.58. The Hall–Kier alpha value is -2.86. The van der Waals surface area contributed by atoms with E-state index in [4.69, 9.17) is 10.00 Å². The number of carbonyl (C=O) groups excluding carboxylic acids is 2. The fraction of sp³-hybridized carbons (Fsp3) is 0.450. The third-order valence-corrected chi connectivity index (χ3v) is 5.30. The number of nitriles is 1. The van der Waals surface area contributed by atoms with Gasteiger partial charge in [-0.2, -0.15) is 5.26 Å². The maximum atomic E-state index is 12.5. The van der Waals surface area contributed by atoms with Crippen LogP contribution in [0.25, 0.3) is 0 Å². The summed E-state index contributed by atoms with van der Waals surface area (Å²) in [5, 5.41) is 14.6. The molecule has 0 saturated carbocycles. The highest BCUT2D eigenvalue weighted by Crippen LogP contribution is 2.25. The van der Waals surface area contributed by atoms with E-state index in [0.29, 0.717) is 5.56 Å². The average molecular weight is 422 g/mol. The summed E-state index contributed by atoms with van der Waals surface area (Å²) in [7, 11) is -3.70. The summed E-state index contributed by atoms with van der Waals surface area (Å²) in [5.74, 6) is -0.275. The van der Waals surface area contributed by atoms with Crippen LogP contribution in [0, 0.1) is 11.3 Å². The number of carbonyl (C=O) groups is 2. The van der Waals surface area contributed by atoms with E-state index in [1.165, 1.54) is 12.1 Å². The lowest BCUT2D eigenvalue weighted by molar-refractivity contribution is -0.125. The predicted octanol–water partition coefficient (Wildman–Crippen LogP) is 2.42.